The van der Waals surface area contributed by atoms with Crippen molar-refractivity contribution in [3.63, 3.8) is 0 Å². The van der Waals surface area contributed by atoms with Crippen LogP contribution in [0.1, 0.15) is 47.2 Å². The van der Waals surface area contributed by atoms with Gasteiger partial charge < -0.3 is 15.6 Å². The number of aliphatic imine (C=N–C) groups is 1. The number of amides is 1. The highest BCUT2D eigenvalue weighted by atomic mass is 16.1. The molecule has 5 rings (SSSR count). The molecule has 168 valence electrons. The van der Waals surface area contributed by atoms with Crippen LogP contribution >= 0.6 is 0 Å². The van der Waals surface area contributed by atoms with Crippen LogP contribution in [0.15, 0.2) is 65.9 Å². The molecular weight excluding hydrogens is 414 g/mol. The summed E-state index contributed by atoms with van der Waals surface area (Å²) in [5, 5.41) is 2.81. The molecule has 2 aliphatic heterocycles. The highest BCUT2D eigenvalue weighted by molar-refractivity contribution is 6.05. The summed E-state index contributed by atoms with van der Waals surface area (Å²) < 4.78 is 2.19. The number of likely N-dealkylation sites (tertiary alicyclic amines) is 1. The molecule has 8 heteroatoms. The molecule has 0 saturated carbocycles. The molecule has 0 aliphatic carbocycles. The second kappa shape index (κ2) is 8.99. The number of allylic oxidation sites excluding steroid dienone is 1. The molecule has 1 amide bonds. The molecular formula is C25H27N7O. The van der Waals surface area contributed by atoms with E-state index in [9.17, 15) is 4.79 Å². The zero-order valence-electron chi connectivity index (χ0n) is 18.6. The number of nitrogens with two attached hydrogens (primary N) is 1. The Bertz CT molecular complexity index is 1210. The van der Waals surface area contributed by atoms with Crippen LogP contribution in [0.3, 0.4) is 0 Å². The Balaban J connectivity index is 1.49. The lowest BCUT2D eigenvalue weighted by molar-refractivity contribution is 0.102. The summed E-state index contributed by atoms with van der Waals surface area (Å²) in [6.45, 7) is 1.73. The van der Waals surface area contributed by atoms with Gasteiger partial charge in [-0.2, -0.15) is 0 Å². The van der Waals surface area contributed by atoms with Crippen molar-refractivity contribution in [1.82, 2.24) is 19.4 Å². The quantitative estimate of drug-likeness (QED) is 0.644. The Morgan fingerprint density at radius 3 is 2.76 bits per heavy atom. The fourth-order valence-corrected chi connectivity index (χ4v) is 4.52. The van der Waals surface area contributed by atoms with E-state index in [0.717, 1.165) is 35.7 Å². The molecule has 4 heterocycles. The van der Waals surface area contributed by atoms with Gasteiger partial charge in [0.2, 0.25) is 0 Å². The van der Waals surface area contributed by atoms with E-state index in [1.165, 1.54) is 12.8 Å². The molecule has 0 bridgehead atoms. The Morgan fingerprint density at radius 1 is 1.15 bits per heavy atom. The fourth-order valence-electron chi connectivity index (χ4n) is 4.52. The van der Waals surface area contributed by atoms with Gasteiger partial charge in [-0.3, -0.25) is 9.69 Å². The first-order valence-electron chi connectivity index (χ1n) is 11.2. The van der Waals surface area contributed by atoms with Crippen LogP contribution in [0.25, 0.3) is 11.3 Å². The molecule has 0 radical (unpaired) electrons. The molecule has 0 unspecified atom stereocenters. The van der Waals surface area contributed by atoms with Gasteiger partial charge in [0.1, 0.15) is 23.2 Å². The molecule has 1 atom stereocenters. The zero-order chi connectivity index (χ0) is 22.8. The van der Waals surface area contributed by atoms with Crippen LogP contribution in [-0.2, 0) is 6.54 Å². The number of hydrogen-bond donors (Lipinski definition) is 2. The van der Waals surface area contributed by atoms with Crippen LogP contribution < -0.4 is 11.1 Å². The number of rotatable bonds is 4. The summed E-state index contributed by atoms with van der Waals surface area (Å²) >= 11 is 0. The number of imidazole rings is 1. The van der Waals surface area contributed by atoms with Gasteiger partial charge in [0.05, 0.1) is 11.7 Å². The SMILES string of the molecule is CN1CCCC[C@H]1c1nc(-c2ccc(C(=O)Nc3ccccn3)cc2)c2n1CC=CN=C2N. The van der Waals surface area contributed by atoms with Crippen LogP contribution in [-0.4, -0.2) is 44.8 Å². The van der Waals surface area contributed by atoms with E-state index in [0.29, 0.717) is 23.8 Å². The largest absolute Gasteiger partial charge is 0.382 e. The van der Waals surface area contributed by atoms with E-state index >= 15 is 0 Å². The smallest absolute Gasteiger partial charge is 0.256 e. The molecule has 2 aromatic heterocycles. The van der Waals surface area contributed by atoms with Crippen molar-refractivity contribution in [2.75, 3.05) is 18.9 Å². The first-order valence-corrected chi connectivity index (χ1v) is 11.2. The van der Waals surface area contributed by atoms with Gasteiger partial charge in [0.15, 0.2) is 0 Å². The number of piperidine rings is 1. The summed E-state index contributed by atoms with van der Waals surface area (Å²) in [6, 6.07) is 13.1. The lowest BCUT2D eigenvalue weighted by Gasteiger charge is -2.32. The van der Waals surface area contributed by atoms with Crippen LogP contribution in [0, 0.1) is 0 Å². The minimum atomic E-state index is -0.210. The number of carbonyl (C=O) groups is 1. The van der Waals surface area contributed by atoms with E-state index in [2.05, 4.69) is 31.8 Å². The fraction of sp³-hybridized carbons (Fsp3) is 0.280. The van der Waals surface area contributed by atoms with Crippen molar-refractivity contribution < 1.29 is 4.79 Å². The van der Waals surface area contributed by atoms with Crippen LogP contribution in [0.2, 0.25) is 0 Å². The summed E-state index contributed by atoms with van der Waals surface area (Å²) in [5.74, 6) is 1.78. The Kier molecular flexibility index (Phi) is 5.75. The number of benzene rings is 1. The number of amidine groups is 1. The number of carbonyl (C=O) groups excluding carboxylic acids is 1. The van der Waals surface area contributed by atoms with E-state index in [1.807, 2.05) is 30.3 Å². The van der Waals surface area contributed by atoms with E-state index < -0.39 is 0 Å². The third kappa shape index (κ3) is 4.17. The van der Waals surface area contributed by atoms with Gasteiger partial charge in [-0.15, -0.1) is 0 Å². The molecule has 0 spiro atoms. The second-order valence-electron chi connectivity index (χ2n) is 8.42. The number of anilines is 1. The van der Waals surface area contributed by atoms with Crippen molar-refractivity contribution in [1.29, 1.82) is 0 Å². The molecule has 8 nitrogen and oxygen atoms in total. The second-order valence-corrected chi connectivity index (χ2v) is 8.42. The molecule has 2 aliphatic rings. The monoisotopic (exact) mass is 441 g/mol. The van der Waals surface area contributed by atoms with Crippen molar-refractivity contribution in [3.8, 4) is 11.3 Å². The number of nitrogens with one attached hydrogen (secondary N) is 1. The number of aromatic nitrogens is 3. The first-order chi connectivity index (χ1) is 16.1. The normalized spacial score (nSPS) is 18.3. The first kappa shape index (κ1) is 21.1. The molecule has 33 heavy (non-hydrogen) atoms. The Hall–Kier alpha value is -3.78. The van der Waals surface area contributed by atoms with Crippen molar-refractivity contribution in [2.45, 2.75) is 31.8 Å². The maximum atomic E-state index is 12.6. The van der Waals surface area contributed by atoms with E-state index in [1.54, 1.807) is 30.6 Å². The highest BCUT2D eigenvalue weighted by Gasteiger charge is 2.30. The summed E-state index contributed by atoms with van der Waals surface area (Å²) in [4.78, 5) is 28.6. The maximum Gasteiger partial charge on any atom is 0.256 e. The van der Waals surface area contributed by atoms with Gasteiger partial charge in [-0.1, -0.05) is 24.6 Å². The molecule has 1 aromatic carbocycles. The predicted molar refractivity (Wildman–Crippen MR) is 129 cm³/mol. The van der Waals surface area contributed by atoms with Crippen molar-refractivity contribution >= 4 is 17.6 Å². The Morgan fingerprint density at radius 2 is 2.00 bits per heavy atom. The molecule has 3 aromatic rings. The lowest BCUT2D eigenvalue weighted by atomic mass is 10.0. The summed E-state index contributed by atoms with van der Waals surface area (Å²) in [5.41, 5.74) is 9.46. The zero-order valence-corrected chi connectivity index (χ0v) is 18.6. The Labute approximate surface area is 192 Å². The molecule has 1 saturated heterocycles. The molecule has 3 N–H and O–H groups in total. The van der Waals surface area contributed by atoms with Crippen molar-refractivity contribution in [3.05, 3.63) is 78.0 Å². The number of nitrogens with zero attached hydrogens (tertiary/aromatic N) is 5. The van der Waals surface area contributed by atoms with Gasteiger partial charge in [-0.25, -0.2) is 15.0 Å². The third-order valence-corrected chi connectivity index (χ3v) is 6.24. The standard InChI is InChI=1S/C25H27N7O/c1-31-15-5-3-7-19(31)24-30-21(22-23(26)28-14-6-16-32(22)24)17-9-11-18(12-10-17)25(33)29-20-8-2-4-13-27-20/h2,4,6,8-14,19H,3,5,7,15-16H2,1H3,(H2,26,28)(H,27,29,33)/t19-/m0/s1. The van der Waals surface area contributed by atoms with E-state index in [-0.39, 0.29) is 11.9 Å². The lowest BCUT2D eigenvalue weighted by Crippen LogP contribution is -2.32. The van der Waals surface area contributed by atoms with Gasteiger partial charge in [0, 0.05) is 30.1 Å². The van der Waals surface area contributed by atoms with Crippen LogP contribution in [0.5, 0.6) is 0 Å². The maximum absolute atomic E-state index is 12.6. The molecule has 1 fully saturated rings. The predicted octanol–water partition coefficient (Wildman–Crippen LogP) is 3.59. The minimum Gasteiger partial charge on any atom is -0.382 e. The van der Waals surface area contributed by atoms with E-state index in [4.69, 9.17) is 10.7 Å². The topological polar surface area (TPSA) is 101 Å². The number of fused-ring (bicyclic) bond motifs is 1. The van der Waals surface area contributed by atoms with Gasteiger partial charge in [0.25, 0.3) is 5.91 Å². The van der Waals surface area contributed by atoms with Gasteiger partial charge in [-0.05, 0) is 56.8 Å². The number of pyridine rings is 1. The third-order valence-electron chi connectivity index (χ3n) is 6.24. The van der Waals surface area contributed by atoms with Gasteiger partial charge >= 0.3 is 0 Å². The summed E-state index contributed by atoms with van der Waals surface area (Å²) in [6.07, 6.45) is 8.87. The average molecular weight is 442 g/mol. The highest BCUT2D eigenvalue weighted by Crippen LogP contribution is 2.34. The average Bonchev–Trinajstić information content (AvgIpc) is 3.11. The minimum absolute atomic E-state index is 0.210. The van der Waals surface area contributed by atoms with Crippen LogP contribution in [0.4, 0.5) is 5.82 Å². The summed E-state index contributed by atoms with van der Waals surface area (Å²) in [7, 11) is 2.16. The van der Waals surface area contributed by atoms with Crippen molar-refractivity contribution in [2.24, 2.45) is 10.7 Å². The number of hydrogen-bond acceptors (Lipinski definition) is 6.